The molecule has 1 aromatic rings. The molecule has 5 heteroatoms. The molecule has 0 aliphatic carbocycles. The first-order valence-electron chi connectivity index (χ1n) is 8.16. The topological polar surface area (TPSA) is 55.8 Å². The van der Waals surface area contributed by atoms with E-state index in [2.05, 4.69) is 0 Å². The molecule has 0 spiro atoms. The van der Waals surface area contributed by atoms with E-state index in [-0.39, 0.29) is 12.1 Å². The number of ether oxygens (including phenoxy) is 2. The number of hydrogen-bond donors (Lipinski definition) is 0. The van der Waals surface area contributed by atoms with Crippen molar-refractivity contribution >= 4 is 17.6 Å². The van der Waals surface area contributed by atoms with Crippen LogP contribution in [0, 0.1) is 0 Å². The van der Waals surface area contributed by atoms with Gasteiger partial charge in [0.15, 0.2) is 0 Å². The highest BCUT2D eigenvalue weighted by Gasteiger charge is 2.35. The minimum atomic E-state index is -0.552. The average molecular weight is 331 g/mol. The maximum absolute atomic E-state index is 12.5. The largest absolute Gasteiger partial charge is 0.466 e. The molecular formula is C19H25NO4. The maximum atomic E-state index is 12.5. The Labute approximate surface area is 143 Å². The van der Waals surface area contributed by atoms with E-state index in [1.807, 2.05) is 51.1 Å². The van der Waals surface area contributed by atoms with Gasteiger partial charge in [-0.3, -0.25) is 0 Å². The number of rotatable bonds is 3. The first kappa shape index (κ1) is 18.0. The molecule has 1 fully saturated rings. The molecule has 24 heavy (non-hydrogen) atoms. The summed E-state index contributed by atoms with van der Waals surface area (Å²) in [5.74, 6) is -0.426. The van der Waals surface area contributed by atoms with Gasteiger partial charge in [-0.05, 0) is 44.7 Å². The second kappa shape index (κ2) is 7.51. The van der Waals surface area contributed by atoms with Gasteiger partial charge in [-0.25, -0.2) is 9.59 Å². The van der Waals surface area contributed by atoms with Crippen molar-refractivity contribution in [2.45, 2.75) is 45.3 Å². The third-order valence-electron chi connectivity index (χ3n) is 3.82. The van der Waals surface area contributed by atoms with Crippen molar-refractivity contribution in [2.75, 3.05) is 13.7 Å². The van der Waals surface area contributed by atoms with E-state index in [1.165, 1.54) is 13.2 Å². The van der Waals surface area contributed by atoms with Crippen molar-refractivity contribution in [1.29, 1.82) is 0 Å². The number of esters is 1. The Hall–Kier alpha value is -2.30. The van der Waals surface area contributed by atoms with Gasteiger partial charge in [0.25, 0.3) is 0 Å². The third kappa shape index (κ3) is 4.60. The number of methoxy groups -OCH3 is 1. The highest BCUT2D eigenvalue weighted by molar-refractivity contribution is 5.93. The Morgan fingerprint density at radius 2 is 1.88 bits per heavy atom. The van der Waals surface area contributed by atoms with Gasteiger partial charge in [-0.15, -0.1) is 0 Å². The van der Waals surface area contributed by atoms with E-state index in [0.717, 1.165) is 24.0 Å². The Balaban J connectivity index is 2.33. The quantitative estimate of drug-likeness (QED) is 0.627. The van der Waals surface area contributed by atoms with Crippen LogP contribution in [0.4, 0.5) is 4.79 Å². The molecule has 1 heterocycles. The van der Waals surface area contributed by atoms with E-state index in [1.54, 1.807) is 4.90 Å². The van der Waals surface area contributed by atoms with Crippen LogP contribution in [0.15, 0.2) is 36.4 Å². The molecule has 1 aromatic carbocycles. The lowest BCUT2D eigenvalue weighted by Gasteiger charge is -2.30. The van der Waals surface area contributed by atoms with Crippen LogP contribution in [-0.2, 0) is 14.3 Å². The first-order valence-corrected chi connectivity index (χ1v) is 8.16. The Kier molecular flexibility index (Phi) is 5.65. The highest BCUT2D eigenvalue weighted by atomic mass is 16.6. The van der Waals surface area contributed by atoms with Crippen molar-refractivity contribution < 1.29 is 19.1 Å². The number of hydrogen-bond acceptors (Lipinski definition) is 4. The van der Waals surface area contributed by atoms with E-state index < -0.39 is 11.6 Å². The van der Waals surface area contributed by atoms with Crippen LogP contribution in [0.5, 0.6) is 0 Å². The average Bonchev–Trinajstić information content (AvgIpc) is 3.01. The number of carbonyl (C=O) groups is 2. The number of amides is 1. The van der Waals surface area contributed by atoms with Crippen LogP contribution < -0.4 is 0 Å². The summed E-state index contributed by atoms with van der Waals surface area (Å²) in [6, 6.07) is 9.40. The predicted octanol–water partition coefficient (Wildman–Crippen LogP) is 3.64. The summed E-state index contributed by atoms with van der Waals surface area (Å²) >= 11 is 0. The first-order chi connectivity index (χ1) is 11.3. The minimum absolute atomic E-state index is 0.193. The van der Waals surface area contributed by atoms with Gasteiger partial charge in [0.2, 0.25) is 0 Å². The SMILES string of the molecule is COC(=O)/C=C(\c1ccccc1)C1CCCN1C(=O)OC(C)(C)C. The molecule has 130 valence electrons. The summed E-state index contributed by atoms with van der Waals surface area (Å²) < 4.78 is 10.3. The standard InChI is InChI=1S/C19H25NO4/c1-19(2,3)24-18(22)20-12-8-11-16(20)15(13-17(21)23-4)14-9-6-5-7-10-14/h5-7,9-10,13,16H,8,11-12H2,1-4H3/b15-13+. The van der Waals surface area contributed by atoms with Crippen LogP contribution in [-0.4, -0.2) is 42.3 Å². The van der Waals surface area contributed by atoms with Crippen molar-refractivity contribution in [3.05, 3.63) is 42.0 Å². The second-order valence-corrected chi connectivity index (χ2v) is 6.82. The van der Waals surface area contributed by atoms with Gasteiger partial charge in [-0.2, -0.15) is 0 Å². The fraction of sp³-hybridized carbons (Fsp3) is 0.474. The summed E-state index contributed by atoms with van der Waals surface area (Å²) in [5.41, 5.74) is 1.14. The van der Waals surface area contributed by atoms with E-state index >= 15 is 0 Å². The molecule has 1 atom stereocenters. The molecule has 0 saturated carbocycles. The van der Waals surface area contributed by atoms with Gasteiger partial charge in [0.05, 0.1) is 13.2 Å². The van der Waals surface area contributed by atoms with Gasteiger partial charge in [0.1, 0.15) is 5.60 Å². The van der Waals surface area contributed by atoms with Crippen LogP contribution in [0.3, 0.4) is 0 Å². The smallest absolute Gasteiger partial charge is 0.410 e. The highest BCUT2D eigenvalue weighted by Crippen LogP contribution is 2.31. The molecular weight excluding hydrogens is 306 g/mol. The van der Waals surface area contributed by atoms with Gasteiger partial charge in [0, 0.05) is 12.6 Å². The Morgan fingerprint density at radius 3 is 2.46 bits per heavy atom. The van der Waals surface area contributed by atoms with E-state index in [4.69, 9.17) is 9.47 Å². The van der Waals surface area contributed by atoms with Crippen LogP contribution in [0.1, 0.15) is 39.2 Å². The van der Waals surface area contributed by atoms with Gasteiger partial charge in [-0.1, -0.05) is 30.3 Å². The van der Waals surface area contributed by atoms with Gasteiger partial charge < -0.3 is 14.4 Å². The summed E-state index contributed by atoms with van der Waals surface area (Å²) in [5, 5.41) is 0. The molecule has 0 N–H and O–H groups in total. The molecule has 1 amide bonds. The molecule has 1 saturated heterocycles. The number of carbonyl (C=O) groups excluding carboxylic acids is 2. The lowest BCUT2D eigenvalue weighted by atomic mass is 9.96. The third-order valence-corrected chi connectivity index (χ3v) is 3.82. The molecule has 1 aliphatic rings. The zero-order valence-corrected chi connectivity index (χ0v) is 14.7. The van der Waals surface area contributed by atoms with Crippen molar-refractivity contribution in [3.63, 3.8) is 0 Å². The number of benzene rings is 1. The molecule has 0 radical (unpaired) electrons. The summed E-state index contributed by atoms with van der Waals surface area (Å²) in [7, 11) is 1.35. The molecule has 0 bridgehead atoms. The zero-order chi connectivity index (χ0) is 17.7. The second-order valence-electron chi connectivity index (χ2n) is 6.82. The van der Waals surface area contributed by atoms with Gasteiger partial charge >= 0.3 is 12.1 Å². The molecule has 0 aromatic heterocycles. The lowest BCUT2D eigenvalue weighted by Crippen LogP contribution is -2.40. The molecule has 1 unspecified atom stereocenters. The molecule has 1 aliphatic heterocycles. The fourth-order valence-electron chi connectivity index (χ4n) is 2.82. The predicted molar refractivity (Wildman–Crippen MR) is 92.4 cm³/mol. The van der Waals surface area contributed by atoms with E-state index in [0.29, 0.717) is 6.54 Å². The van der Waals surface area contributed by atoms with E-state index in [9.17, 15) is 9.59 Å². The Morgan fingerprint density at radius 1 is 1.21 bits per heavy atom. The summed E-state index contributed by atoms with van der Waals surface area (Å²) in [6.45, 7) is 6.15. The monoisotopic (exact) mass is 331 g/mol. The fourth-order valence-corrected chi connectivity index (χ4v) is 2.82. The zero-order valence-electron chi connectivity index (χ0n) is 14.7. The van der Waals surface area contributed by atoms with Crippen LogP contribution in [0.25, 0.3) is 5.57 Å². The minimum Gasteiger partial charge on any atom is -0.466 e. The maximum Gasteiger partial charge on any atom is 0.410 e. The lowest BCUT2D eigenvalue weighted by molar-refractivity contribution is -0.134. The van der Waals surface area contributed by atoms with Crippen molar-refractivity contribution in [2.24, 2.45) is 0 Å². The normalized spacial score (nSPS) is 18.4. The van der Waals surface area contributed by atoms with Crippen molar-refractivity contribution in [1.82, 2.24) is 4.90 Å². The molecule has 2 rings (SSSR count). The summed E-state index contributed by atoms with van der Waals surface area (Å²) in [4.78, 5) is 26.0. The Bertz CT molecular complexity index is 616. The summed E-state index contributed by atoms with van der Waals surface area (Å²) in [6.07, 6.45) is 2.78. The number of likely N-dealkylation sites (tertiary alicyclic amines) is 1. The van der Waals surface area contributed by atoms with Crippen LogP contribution >= 0.6 is 0 Å². The van der Waals surface area contributed by atoms with Crippen LogP contribution in [0.2, 0.25) is 0 Å². The molecule has 5 nitrogen and oxygen atoms in total. The number of nitrogens with zero attached hydrogens (tertiary/aromatic N) is 1. The van der Waals surface area contributed by atoms with Crippen molar-refractivity contribution in [3.8, 4) is 0 Å².